The fourth-order valence-corrected chi connectivity index (χ4v) is 2.18. The Hall–Kier alpha value is -1.00. The molecule has 0 aliphatic heterocycles. The van der Waals surface area contributed by atoms with E-state index in [1.165, 1.54) is 11.8 Å². The van der Waals surface area contributed by atoms with Crippen molar-refractivity contribution in [3.05, 3.63) is 30.3 Å². The van der Waals surface area contributed by atoms with Crippen LogP contribution in [0.25, 0.3) is 0 Å². The Balaban J connectivity index is 2.46. The summed E-state index contributed by atoms with van der Waals surface area (Å²) in [6.45, 7) is 3.83. The maximum absolute atomic E-state index is 11.8. The molecular weight excluding hydrogens is 222 g/mol. The molecule has 2 atom stereocenters. The first-order chi connectivity index (χ1) is 7.63. The molecule has 4 heteroatoms. The number of hydrogen-bond acceptors (Lipinski definition) is 3. The lowest BCUT2D eigenvalue weighted by atomic mass is 10.3. The first kappa shape index (κ1) is 13.1. The number of para-hydroxylation sites is 1. The highest BCUT2D eigenvalue weighted by molar-refractivity contribution is 8.01. The van der Waals surface area contributed by atoms with Gasteiger partial charge in [-0.05, 0) is 19.1 Å². The molecule has 0 spiro atoms. The van der Waals surface area contributed by atoms with Crippen LogP contribution < -0.4 is 5.32 Å². The van der Waals surface area contributed by atoms with Crippen LogP contribution in [0.1, 0.15) is 13.8 Å². The van der Waals surface area contributed by atoms with Gasteiger partial charge >= 0.3 is 0 Å². The van der Waals surface area contributed by atoms with Crippen LogP contribution in [-0.2, 0) is 4.79 Å². The molecule has 0 fully saturated rings. The molecule has 1 aromatic carbocycles. The number of aliphatic hydroxyl groups excluding tert-OH is 1. The number of rotatable bonds is 5. The molecule has 88 valence electrons. The third-order valence-electron chi connectivity index (χ3n) is 2.10. The van der Waals surface area contributed by atoms with E-state index in [-0.39, 0.29) is 23.0 Å². The minimum atomic E-state index is -0.164. The highest BCUT2D eigenvalue weighted by Crippen LogP contribution is 2.18. The average Bonchev–Trinajstić information content (AvgIpc) is 2.30. The lowest BCUT2D eigenvalue weighted by molar-refractivity contribution is -0.115. The summed E-state index contributed by atoms with van der Waals surface area (Å²) in [7, 11) is 0. The Morgan fingerprint density at radius 3 is 2.56 bits per heavy atom. The fourth-order valence-electron chi connectivity index (χ4n) is 1.22. The SMILES string of the molecule is C[C@H](CO)S[C@H](C)C(=O)Nc1ccccc1. The predicted molar refractivity (Wildman–Crippen MR) is 68.7 cm³/mol. The molecule has 1 amide bonds. The molecule has 0 bridgehead atoms. The largest absolute Gasteiger partial charge is 0.395 e. The van der Waals surface area contributed by atoms with Gasteiger partial charge in [-0.3, -0.25) is 4.79 Å². The van der Waals surface area contributed by atoms with Gasteiger partial charge in [0.25, 0.3) is 0 Å². The number of nitrogens with one attached hydrogen (secondary N) is 1. The number of hydrogen-bond donors (Lipinski definition) is 2. The highest BCUT2D eigenvalue weighted by atomic mass is 32.2. The van der Waals surface area contributed by atoms with Crippen LogP contribution >= 0.6 is 11.8 Å². The van der Waals surface area contributed by atoms with Crippen LogP contribution in [0.4, 0.5) is 5.69 Å². The summed E-state index contributed by atoms with van der Waals surface area (Å²) < 4.78 is 0. The van der Waals surface area contributed by atoms with E-state index in [0.29, 0.717) is 0 Å². The monoisotopic (exact) mass is 239 g/mol. The fraction of sp³-hybridized carbons (Fsp3) is 0.417. The zero-order valence-electron chi connectivity index (χ0n) is 9.51. The molecule has 2 N–H and O–H groups in total. The molecule has 0 saturated heterocycles. The van der Waals surface area contributed by atoms with Crippen molar-refractivity contribution in [2.75, 3.05) is 11.9 Å². The second kappa shape index (κ2) is 6.55. The zero-order valence-corrected chi connectivity index (χ0v) is 10.3. The van der Waals surface area contributed by atoms with Crippen molar-refractivity contribution in [1.29, 1.82) is 0 Å². The van der Waals surface area contributed by atoms with Crippen LogP contribution in [0.15, 0.2) is 30.3 Å². The number of anilines is 1. The van der Waals surface area contributed by atoms with Gasteiger partial charge in [0.2, 0.25) is 5.91 Å². The van der Waals surface area contributed by atoms with Crippen molar-refractivity contribution < 1.29 is 9.90 Å². The molecule has 16 heavy (non-hydrogen) atoms. The summed E-state index contributed by atoms with van der Waals surface area (Å²) in [5, 5.41) is 11.6. The smallest absolute Gasteiger partial charge is 0.237 e. The summed E-state index contributed by atoms with van der Waals surface area (Å²) in [5.74, 6) is -0.0310. The van der Waals surface area contributed by atoms with Gasteiger partial charge in [-0.1, -0.05) is 25.1 Å². The second-order valence-electron chi connectivity index (χ2n) is 3.63. The Morgan fingerprint density at radius 1 is 1.38 bits per heavy atom. The molecule has 0 heterocycles. The molecular formula is C12H17NO2S. The summed E-state index contributed by atoms with van der Waals surface area (Å²) in [5.41, 5.74) is 0.802. The normalized spacial score (nSPS) is 14.2. The maximum atomic E-state index is 11.8. The predicted octanol–water partition coefficient (Wildman–Crippen LogP) is 2.13. The number of amides is 1. The van der Waals surface area contributed by atoms with E-state index < -0.39 is 0 Å². The summed E-state index contributed by atoms with van der Waals surface area (Å²) in [6, 6.07) is 9.37. The molecule has 0 radical (unpaired) electrons. The van der Waals surface area contributed by atoms with E-state index >= 15 is 0 Å². The Morgan fingerprint density at radius 2 is 2.00 bits per heavy atom. The number of carbonyl (C=O) groups excluding carboxylic acids is 1. The molecule has 0 aliphatic rings. The van der Waals surface area contributed by atoms with Crippen molar-refractivity contribution in [3.8, 4) is 0 Å². The van der Waals surface area contributed by atoms with Crippen molar-refractivity contribution in [2.45, 2.75) is 24.3 Å². The van der Waals surface area contributed by atoms with Gasteiger partial charge in [0.05, 0.1) is 11.9 Å². The molecule has 3 nitrogen and oxygen atoms in total. The lowest BCUT2D eigenvalue weighted by Gasteiger charge is -2.15. The van der Waals surface area contributed by atoms with Gasteiger partial charge in [0.1, 0.15) is 0 Å². The van der Waals surface area contributed by atoms with Crippen LogP contribution in [0.5, 0.6) is 0 Å². The summed E-state index contributed by atoms with van der Waals surface area (Å²) in [4.78, 5) is 11.8. The first-order valence-corrected chi connectivity index (χ1v) is 6.20. The first-order valence-electron chi connectivity index (χ1n) is 5.25. The standard InChI is InChI=1S/C12H17NO2S/c1-9(8-14)16-10(2)12(15)13-11-6-4-3-5-7-11/h3-7,9-10,14H,8H2,1-2H3,(H,13,15)/t9-,10-/m1/s1. The number of benzene rings is 1. The van der Waals surface area contributed by atoms with E-state index in [1.54, 1.807) is 0 Å². The third kappa shape index (κ3) is 4.24. The minimum Gasteiger partial charge on any atom is -0.395 e. The topological polar surface area (TPSA) is 49.3 Å². The quantitative estimate of drug-likeness (QED) is 0.827. The van der Waals surface area contributed by atoms with Crippen LogP contribution in [0.3, 0.4) is 0 Å². The van der Waals surface area contributed by atoms with Gasteiger partial charge in [0, 0.05) is 10.9 Å². The third-order valence-corrected chi connectivity index (χ3v) is 3.34. The molecule has 0 aliphatic carbocycles. The van der Waals surface area contributed by atoms with E-state index in [4.69, 9.17) is 5.11 Å². The van der Waals surface area contributed by atoms with E-state index in [0.717, 1.165) is 5.69 Å². The highest BCUT2D eigenvalue weighted by Gasteiger charge is 2.16. The van der Waals surface area contributed by atoms with Gasteiger partial charge in [-0.25, -0.2) is 0 Å². The number of carbonyl (C=O) groups is 1. The van der Waals surface area contributed by atoms with Crippen molar-refractivity contribution in [2.24, 2.45) is 0 Å². The molecule has 0 unspecified atom stereocenters. The van der Waals surface area contributed by atoms with E-state index in [9.17, 15) is 4.79 Å². The van der Waals surface area contributed by atoms with Crippen molar-refractivity contribution in [3.63, 3.8) is 0 Å². The van der Waals surface area contributed by atoms with Crippen LogP contribution in [0.2, 0.25) is 0 Å². The van der Waals surface area contributed by atoms with E-state index in [2.05, 4.69) is 5.32 Å². The average molecular weight is 239 g/mol. The van der Waals surface area contributed by atoms with Gasteiger partial charge in [0.15, 0.2) is 0 Å². The molecule has 1 aromatic rings. The summed E-state index contributed by atoms with van der Waals surface area (Å²) >= 11 is 1.46. The van der Waals surface area contributed by atoms with Crippen LogP contribution in [0, 0.1) is 0 Å². The lowest BCUT2D eigenvalue weighted by Crippen LogP contribution is -2.24. The molecule has 0 saturated carbocycles. The molecule has 0 aromatic heterocycles. The van der Waals surface area contributed by atoms with Gasteiger partial charge < -0.3 is 10.4 Å². The Kier molecular flexibility index (Phi) is 5.35. The number of aliphatic hydroxyl groups is 1. The van der Waals surface area contributed by atoms with E-state index in [1.807, 2.05) is 44.2 Å². The van der Waals surface area contributed by atoms with Gasteiger partial charge in [-0.2, -0.15) is 0 Å². The van der Waals surface area contributed by atoms with Crippen molar-refractivity contribution >= 4 is 23.4 Å². The van der Waals surface area contributed by atoms with Crippen molar-refractivity contribution in [1.82, 2.24) is 0 Å². The minimum absolute atomic E-state index is 0.0310. The molecule has 1 rings (SSSR count). The maximum Gasteiger partial charge on any atom is 0.237 e. The van der Waals surface area contributed by atoms with Gasteiger partial charge in [-0.15, -0.1) is 11.8 Å². The Bertz CT molecular complexity index is 329. The second-order valence-corrected chi connectivity index (χ2v) is 5.41. The summed E-state index contributed by atoms with van der Waals surface area (Å²) in [6.07, 6.45) is 0. The van der Waals surface area contributed by atoms with Crippen LogP contribution in [-0.4, -0.2) is 28.1 Å². The number of thioether (sulfide) groups is 1. The Labute approximate surface area is 100 Å². The zero-order chi connectivity index (χ0) is 12.0.